The van der Waals surface area contributed by atoms with Crippen molar-refractivity contribution in [2.45, 2.75) is 19.6 Å². The van der Waals surface area contributed by atoms with Crippen LogP contribution in [-0.4, -0.2) is 35.3 Å². The third kappa shape index (κ3) is 4.27. The van der Waals surface area contributed by atoms with Gasteiger partial charge in [0.05, 0.1) is 17.1 Å². The molecule has 0 saturated heterocycles. The zero-order chi connectivity index (χ0) is 23.9. The molecule has 0 aliphatic carbocycles. The van der Waals surface area contributed by atoms with Gasteiger partial charge in [0.2, 0.25) is 5.95 Å². The van der Waals surface area contributed by atoms with E-state index in [1.807, 2.05) is 31.2 Å². The van der Waals surface area contributed by atoms with Crippen molar-refractivity contribution in [2.75, 3.05) is 5.32 Å². The molecule has 0 saturated carbocycles. The van der Waals surface area contributed by atoms with Crippen molar-refractivity contribution in [2.24, 2.45) is 0 Å². The second-order valence-corrected chi connectivity index (χ2v) is 8.40. The molecule has 5 rings (SSSR count). The lowest BCUT2D eigenvalue weighted by Crippen LogP contribution is -2.16. The summed E-state index contributed by atoms with van der Waals surface area (Å²) in [6, 6.07) is 13.3. The van der Waals surface area contributed by atoms with Crippen molar-refractivity contribution in [3.8, 4) is 10.6 Å². The van der Waals surface area contributed by atoms with Gasteiger partial charge in [0.25, 0.3) is 5.91 Å². The molecule has 1 aromatic carbocycles. The summed E-state index contributed by atoms with van der Waals surface area (Å²) in [7, 11) is 0. The Labute approximate surface area is 194 Å². The van der Waals surface area contributed by atoms with E-state index in [1.165, 1.54) is 23.7 Å². The lowest BCUT2D eigenvalue weighted by molar-refractivity contribution is -0.142. The van der Waals surface area contributed by atoms with Crippen molar-refractivity contribution < 1.29 is 18.0 Å². The second-order valence-electron chi connectivity index (χ2n) is 7.45. The number of fused-ring (bicyclic) bond motifs is 1. The molecule has 0 aliphatic heterocycles. The number of hydrogen-bond acceptors (Lipinski definition) is 6. The molecule has 172 valence electrons. The number of halogens is 3. The first kappa shape index (κ1) is 21.8. The van der Waals surface area contributed by atoms with E-state index >= 15 is 0 Å². The summed E-state index contributed by atoms with van der Waals surface area (Å²) in [5.74, 6) is -0.733. The summed E-state index contributed by atoms with van der Waals surface area (Å²) in [4.78, 5) is 21.6. The van der Waals surface area contributed by atoms with Crippen LogP contribution < -0.4 is 5.32 Å². The molecule has 4 aromatic heterocycles. The van der Waals surface area contributed by atoms with Crippen LogP contribution in [-0.2, 0) is 12.7 Å². The molecule has 0 aliphatic rings. The maximum atomic E-state index is 13.7. The fraction of sp³-hybridized carbons (Fsp3) is 0.136. The van der Waals surface area contributed by atoms with Gasteiger partial charge in [0.15, 0.2) is 17.0 Å². The van der Waals surface area contributed by atoms with Crippen LogP contribution >= 0.6 is 11.3 Å². The first-order valence-corrected chi connectivity index (χ1v) is 10.9. The molecule has 0 bridgehead atoms. The predicted octanol–water partition coefficient (Wildman–Crippen LogP) is 4.68. The number of thiophene rings is 1. The molecule has 34 heavy (non-hydrogen) atoms. The minimum Gasteiger partial charge on any atom is -0.288 e. The number of nitrogens with one attached hydrogen (secondary N) is 1. The van der Waals surface area contributed by atoms with Gasteiger partial charge in [-0.05, 0) is 35.6 Å². The number of hydrogen-bond donors (Lipinski definition) is 1. The number of alkyl halides is 3. The Balaban J connectivity index is 1.42. The Morgan fingerprint density at radius 3 is 2.68 bits per heavy atom. The van der Waals surface area contributed by atoms with Crippen LogP contribution in [0, 0.1) is 6.92 Å². The highest BCUT2D eigenvalue weighted by molar-refractivity contribution is 7.13. The van der Waals surface area contributed by atoms with Gasteiger partial charge in [-0.15, -0.1) is 16.4 Å². The van der Waals surface area contributed by atoms with E-state index in [0.717, 1.165) is 17.2 Å². The molecule has 5 aromatic rings. The van der Waals surface area contributed by atoms with Crippen LogP contribution in [0.25, 0.3) is 16.2 Å². The third-order valence-corrected chi connectivity index (χ3v) is 5.97. The van der Waals surface area contributed by atoms with Crippen molar-refractivity contribution in [1.29, 1.82) is 0 Å². The van der Waals surface area contributed by atoms with Crippen LogP contribution in [0.5, 0.6) is 0 Å². The van der Waals surface area contributed by atoms with E-state index in [-0.39, 0.29) is 23.0 Å². The highest BCUT2D eigenvalue weighted by Crippen LogP contribution is 2.33. The lowest BCUT2D eigenvalue weighted by Gasteiger charge is -2.10. The monoisotopic (exact) mass is 483 g/mol. The number of rotatable bonds is 5. The Morgan fingerprint density at radius 1 is 1.12 bits per heavy atom. The fourth-order valence-electron chi connectivity index (χ4n) is 3.39. The number of carbonyl (C=O) groups excluding carboxylic acids is 1. The molecule has 1 N–H and O–H groups in total. The first-order valence-electron chi connectivity index (χ1n) is 10.0. The van der Waals surface area contributed by atoms with Gasteiger partial charge in [0.1, 0.15) is 6.33 Å². The molecule has 0 radical (unpaired) electrons. The largest absolute Gasteiger partial charge is 0.433 e. The molecule has 4 heterocycles. The minimum atomic E-state index is -4.69. The zero-order valence-corrected chi connectivity index (χ0v) is 18.4. The Kier molecular flexibility index (Phi) is 5.36. The quantitative estimate of drug-likeness (QED) is 0.392. The normalized spacial score (nSPS) is 11.8. The third-order valence-electron chi connectivity index (χ3n) is 5.08. The minimum absolute atomic E-state index is 0.0129. The van der Waals surface area contributed by atoms with Crippen LogP contribution in [0.4, 0.5) is 19.1 Å². The van der Waals surface area contributed by atoms with Crippen LogP contribution in [0.2, 0.25) is 0 Å². The van der Waals surface area contributed by atoms with Gasteiger partial charge in [-0.3, -0.25) is 10.1 Å². The van der Waals surface area contributed by atoms with Gasteiger partial charge in [-0.1, -0.05) is 30.3 Å². The summed E-state index contributed by atoms with van der Waals surface area (Å²) >= 11 is 1.26. The number of anilines is 1. The van der Waals surface area contributed by atoms with Crippen LogP contribution in [0.1, 0.15) is 27.3 Å². The number of amides is 1. The van der Waals surface area contributed by atoms with Gasteiger partial charge >= 0.3 is 6.18 Å². The van der Waals surface area contributed by atoms with Crippen molar-refractivity contribution >= 4 is 28.8 Å². The topological polar surface area (TPSA) is 90.0 Å². The number of aromatic nitrogens is 6. The average Bonchev–Trinajstić information content (AvgIpc) is 3.54. The molecule has 0 fully saturated rings. The van der Waals surface area contributed by atoms with E-state index < -0.39 is 17.8 Å². The average molecular weight is 483 g/mol. The van der Waals surface area contributed by atoms with Crippen LogP contribution in [0.15, 0.2) is 60.2 Å². The number of carbonyl (C=O) groups is 1. The number of nitrogens with zero attached hydrogens (tertiary/aromatic N) is 6. The summed E-state index contributed by atoms with van der Waals surface area (Å²) in [5.41, 5.74) is 0.915. The summed E-state index contributed by atoms with van der Waals surface area (Å²) in [6.45, 7) is 2.43. The molecule has 8 nitrogen and oxygen atoms in total. The Hall–Kier alpha value is -4.06. The highest BCUT2D eigenvalue weighted by atomic mass is 32.1. The fourth-order valence-corrected chi connectivity index (χ4v) is 4.08. The van der Waals surface area contributed by atoms with Gasteiger partial charge in [-0.25, -0.2) is 19.2 Å². The van der Waals surface area contributed by atoms with Gasteiger partial charge in [0, 0.05) is 6.07 Å². The van der Waals surface area contributed by atoms with Crippen molar-refractivity contribution in [1.82, 2.24) is 29.4 Å². The maximum absolute atomic E-state index is 13.7. The second kappa shape index (κ2) is 8.37. The van der Waals surface area contributed by atoms with Crippen molar-refractivity contribution in [3.63, 3.8) is 0 Å². The van der Waals surface area contributed by atoms with E-state index in [2.05, 4.69) is 25.5 Å². The standard InChI is InChI=1S/C22H16F3N7OS/c1-13-5-2-3-6-14(13)11-31-12-26-21(30-31)28-20(33)16-10-19-27-15(17-7-4-8-34-17)9-18(22(23,24)25)32(19)29-16/h2-10,12H,11H2,1H3,(H,28,30,33). The first-order chi connectivity index (χ1) is 16.3. The smallest absolute Gasteiger partial charge is 0.288 e. The summed E-state index contributed by atoms with van der Waals surface area (Å²) in [6.07, 6.45) is -3.23. The highest BCUT2D eigenvalue weighted by Gasteiger charge is 2.35. The number of benzene rings is 1. The van der Waals surface area contributed by atoms with E-state index in [9.17, 15) is 18.0 Å². The molecule has 1 amide bonds. The molecule has 0 unspecified atom stereocenters. The Morgan fingerprint density at radius 2 is 1.94 bits per heavy atom. The Bertz CT molecular complexity index is 1490. The predicted molar refractivity (Wildman–Crippen MR) is 120 cm³/mol. The zero-order valence-electron chi connectivity index (χ0n) is 17.6. The number of aryl methyl sites for hydroxylation is 1. The SMILES string of the molecule is Cc1ccccc1Cn1cnc(NC(=O)c2cc3nc(-c4cccs4)cc(C(F)(F)F)n3n2)n1. The molecular formula is C22H16F3N7OS. The van der Waals surface area contributed by atoms with Gasteiger partial charge in [-0.2, -0.15) is 18.3 Å². The van der Waals surface area contributed by atoms with Crippen molar-refractivity contribution in [3.05, 3.63) is 82.8 Å². The maximum Gasteiger partial charge on any atom is 0.433 e. The summed E-state index contributed by atoms with van der Waals surface area (Å²) < 4.78 is 43.3. The van der Waals surface area contributed by atoms with Crippen LogP contribution in [0.3, 0.4) is 0 Å². The lowest BCUT2D eigenvalue weighted by atomic mass is 10.1. The van der Waals surface area contributed by atoms with Gasteiger partial charge < -0.3 is 0 Å². The van der Waals surface area contributed by atoms with E-state index in [1.54, 1.807) is 22.2 Å². The molecular weight excluding hydrogens is 467 g/mol. The van der Waals surface area contributed by atoms with E-state index in [4.69, 9.17) is 0 Å². The molecule has 12 heteroatoms. The molecule has 0 spiro atoms. The molecule has 0 atom stereocenters. The van der Waals surface area contributed by atoms with E-state index in [0.29, 0.717) is 15.9 Å². The summed E-state index contributed by atoms with van der Waals surface area (Å²) in [5, 5.41) is 12.3.